The summed E-state index contributed by atoms with van der Waals surface area (Å²) < 4.78 is 0. The van der Waals surface area contributed by atoms with E-state index in [1.165, 1.54) is 0 Å². The molecule has 0 radical (unpaired) electrons. The largest absolute Gasteiger partial charge is 0.384 e. The summed E-state index contributed by atoms with van der Waals surface area (Å²) in [7, 11) is 0. The van der Waals surface area contributed by atoms with Crippen molar-refractivity contribution in [2.24, 2.45) is 0 Å². The molecule has 4 heteroatoms. The molecule has 0 saturated carbocycles. The van der Waals surface area contributed by atoms with Gasteiger partial charge in [-0.2, -0.15) is 0 Å². The highest BCUT2D eigenvalue weighted by Crippen LogP contribution is 2.24. The molecule has 15 heavy (non-hydrogen) atoms. The Bertz CT molecular complexity index is 457. The molecule has 0 aliphatic carbocycles. The van der Waals surface area contributed by atoms with Crippen molar-refractivity contribution < 1.29 is 0 Å². The Kier molecular flexibility index (Phi) is 2.97. The second-order valence-electron chi connectivity index (χ2n) is 3.14. The van der Waals surface area contributed by atoms with Crippen molar-refractivity contribution in [3.8, 4) is 11.1 Å². The van der Waals surface area contributed by atoms with E-state index in [1.807, 2.05) is 24.4 Å². The summed E-state index contributed by atoms with van der Waals surface area (Å²) in [6.45, 7) is 0. The van der Waals surface area contributed by atoms with E-state index < -0.39 is 0 Å². The number of nitrogens with two attached hydrogens (primary N) is 1. The van der Waals surface area contributed by atoms with Crippen LogP contribution in [0.5, 0.6) is 0 Å². The minimum atomic E-state index is 0.539. The smallest absolute Gasteiger partial charge is 0.123 e. The lowest BCUT2D eigenvalue weighted by atomic mass is 10.1. The Morgan fingerprint density at radius 2 is 2.20 bits per heavy atom. The number of pyridine rings is 2. The molecule has 0 bridgehead atoms. The summed E-state index contributed by atoms with van der Waals surface area (Å²) in [4.78, 5) is 8.18. The minimum absolute atomic E-state index is 0.539. The molecule has 3 nitrogen and oxygen atoms in total. The van der Waals surface area contributed by atoms with Crippen LogP contribution >= 0.6 is 15.9 Å². The van der Waals surface area contributed by atoms with Gasteiger partial charge < -0.3 is 5.73 Å². The van der Waals surface area contributed by atoms with E-state index >= 15 is 0 Å². The molecule has 0 aromatic carbocycles. The Labute approximate surface area is 96.5 Å². The van der Waals surface area contributed by atoms with E-state index in [1.54, 1.807) is 12.4 Å². The number of nitrogens with zero attached hydrogens (tertiary/aromatic N) is 2. The van der Waals surface area contributed by atoms with Gasteiger partial charge in [-0.15, -0.1) is 0 Å². The lowest BCUT2D eigenvalue weighted by molar-refractivity contribution is 1.27. The van der Waals surface area contributed by atoms with E-state index in [2.05, 4.69) is 25.9 Å². The zero-order valence-electron chi connectivity index (χ0n) is 8.02. The fourth-order valence-corrected chi connectivity index (χ4v) is 1.87. The van der Waals surface area contributed by atoms with E-state index in [0.29, 0.717) is 5.82 Å². The quantitative estimate of drug-likeness (QED) is 0.848. The molecular formula is C11H10BrN3. The summed E-state index contributed by atoms with van der Waals surface area (Å²) in [5.41, 5.74) is 8.87. The van der Waals surface area contributed by atoms with Crippen LogP contribution in [0.1, 0.15) is 5.56 Å². The Morgan fingerprint density at radius 3 is 2.87 bits per heavy atom. The van der Waals surface area contributed by atoms with Crippen LogP contribution in [0.3, 0.4) is 0 Å². The van der Waals surface area contributed by atoms with Gasteiger partial charge in [0, 0.05) is 35.0 Å². The van der Waals surface area contributed by atoms with E-state index in [0.717, 1.165) is 22.0 Å². The molecule has 2 aromatic rings. The Balaban J connectivity index is 2.53. The summed E-state index contributed by atoms with van der Waals surface area (Å²) in [6, 6.07) is 5.78. The molecule has 0 aliphatic heterocycles. The van der Waals surface area contributed by atoms with Crippen molar-refractivity contribution in [2.75, 3.05) is 5.73 Å². The first kappa shape index (κ1) is 10.1. The number of nitrogen functional groups attached to an aromatic ring is 1. The highest BCUT2D eigenvalue weighted by atomic mass is 79.9. The molecule has 0 atom stereocenters. The fraction of sp³-hybridized carbons (Fsp3) is 0.0909. The molecule has 0 saturated heterocycles. The van der Waals surface area contributed by atoms with Gasteiger partial charge >= 0.3 is 0 Å². The monoisotopic (exact) mass is 263 g/mol. The number of aromatic nitrogens is 2. The van der Waals surface area contributed by atoms with Gasteiger partial charge in [0.05, 0.1) is 0 Å². The average molecular weight is 264 g/mol. The van der Waals surface area contributed by atoms with E-state index in [9.17, 15) is 0 Å². The molecule has 0 fully saturated rings. The third kappa shape index (κ3) is 2.15. The molecule has 0 amide bonds. The summed E-state index contributed by atoms with van der Waals surface area (Å²) in [5.74, 6) is 0.539. The fourth-order valence-electron chi connectivity index (χ4n) is 1.41. The maximum absolute atomic E-state index is 5.63. The zero-order valence-corrected chi connectivity index (χ0v) is 9.61. The van der Waals surface area contributed by atoms with Crippen LogP contribution in [0, 0.1) is 0 Å². The summed E-state index contributed by atoms with van der Waals surface area (Å²) >= 11 is 3.44. The first-order chi connectivity index (χ1) is 7.31. The lowest BCUT2D eigenvalue weighted by Crippen LogP contribution is -1.94. The van der Waals surface area contributed by atoms with E-state index in [4.69, 9.17) is 5.73 Å². The van der Waals surface area contributed by atoms with Crippen molar-refractivity contribution in [1.82, 2.24) is 9.97 Å². The van der Waals surface area contributed by atoms with Gasteiger partial charge in [0.2, 0.25) is 0 Å². The minimum Gasteiger partial charge on any atom is -0.384 e. The van der Waals surface area contributed by atoms with Gasteiger partial charge in [0.1, 0.15) is 5.82 Å². The predicted molar refractivity (Wildman–Crippen MR) is 64.5 cm³/mol. The second-order valence-corrected chi connectivity index (χ2v) is 3.70. The van der Waals surface area contributed by atoms with E-state index in [-0.39, 0.29) is 0 Å². The molecule has 0 aliphatic rings. The first-order valence-electron chi connectivity index (χ1n) is 4.52. The molecule has 2 heterocycles. The SMILES string of the molecule is Nc1cc(CBr)c(-c2cccnc2)cn1. The van der Waals surface area contributed by atoms with Gasteiger partial charge in [-0.25, -0.2) is 4.98 Å². The number of hydrogen-bond donors (Lipinski definition) is 1. The summed E-state index contributed by atoms with van der Waals surface area (Å²) in [5, 5.41) is 0.754. The Morgan fingerprint density at radius 1 is 1.33 bits per heavy atom. The van der Waals surface area contributed by atoms with Crippen LogP contribution in [0.25, 0.3) is 11.1 Å². The lowest BCUT2D eigenvalue weighted by Gasteiger charge is -2.06. The van der Waals surface area contributed by atoms with Crippen LogP contribution in [0.15, 0.2) is 36.8 Å². The van der Waals surface area contributed by atoms with Gasteiger partial charge in [0.15, 0.2) is 0 Å². The van der Waals surface area contributed by atoms with Crippen LogP contribution in [-0.2, 0) is 5.33 Å². The molecule has 0 unspecified atom stereocenters. The number of halogens is 1. The maximum atomic E-state index is 5.63. The van der Waals surface area contributed by atoms with Crippen LogP contribution in [-0.4, -0.2) is 9.97 Å². The summed E-state index contributed by atoms with van der Waals surface area (Å²) in [6.07, 6.45) is 5.35. The number of hydrogen-bond acceptors (Lipinski definition) is 3. The maximum Gasteiger partial charge on any atom is 0.123 e. The molecular weight excluding hydrogens is 254 g/mol. The standard InChI is InChI=1S/C11H10BrN3/c12-5-9-4-11(13)15-7-10(9)8-2-1-3-14-6-8/h1-4,6-7H,5H2,(H2,13,15). The average Bonchev–Trinajstić information content (AvgIpc) is 2.30. The number of anilines is 1. The molecule has 76 valence electrons. The predicted octanol–water partition coefficient (Wildman–Crippen LogP) is 2.62. The Hall–Kier alpha value is -1.42. The van der Waals surface area contributed by atoms with Crippen molar-refractivity contribution in [3.05, 3.63) is 42.4 Å². The van der Waals surface area contributed by atoms with Crippen molar-refractivity contribution in [3.63, 3.8) is 0 Å². The number of alkyl halides is 1. The van der Waals surface area contributed by atoms with Gasteiger partial charge in [0.25, 0.3) is 0 Å². The topological polar surface area (TPSA) is 51.8 Å². The molecule has 0 spiro atoms. The third-order valence-corrected chi connectivity index (χ3v) is 2.73. The van der Waals surface area contributed by atoms with Gasteiger partial charge in [-0.1, -0.05) is 22.0 Å². The normalized spacial score (nSPS) is 10.2. The van der Waals surface area contributed by atoms with Crippen LogP contribution in [0.4, 0.5) is 5.82 Å². The third-order valence-electron chi connectivity index (χ3n) is 2.13. The highest BCUT2D eigenvalue weighted by Gasteiger charge is 2.05. The van der Waals surface area contributed by atoms with Gasteiger partial charge in [-0.05, 0) is 17.7 Å². The van der Waals surface area contributed by atoms with Crippen molar-refractivity contribution in [1.29, 1.82) is 0 Å². The van der Waals surface area contributed by atoms with Crippen LogP contribution < -0.4 is 5.73 Å². The van der Waals surface area contributed by atoms with Crippen LogP contribution in [0.2, 0.25) is 0 Å². The number of rotatable bonds is 2. The first-order valence-corrected chi connectivity index (χ1v) is 5.64. The van der Waals surface area contributed by atoms with Crippen molar-refractivity contribution in [2.45, 2.75) is 5.33 Å². The molecule has 2 N–H and O–H groups in total. The highest BCUT2D eigenvalue weighted by molar-refractivity contribution is 9.08. The zero-order chi connectivity index (χ0) is 10.7. The van der Waals surface area contributed by atoms with Crippen molar-refractivity contribution >= 4 is 21.7 Å². The second kappa shape index (κ2) is 4.40. The molecule has 2 aromatic heterocycles. The van der Waals surface area contributed by atoms with Gasteiger partial charge in [-0.3, -0.25) is 4.98 Å². The molecule has 2 rings (SSSR count).